The Morgan fingerprint density at radius 2 is 1.84 bits per heavy atom. The van der Waals surface area contributed by atoms with Gasteiger partial charge in [-0.15, -0.1) is 5.92 Å². The molecule has 0 aromatic carbocycles. The zero-order valence-corrected chi connectivity index (χ0v) is 26.9. The van der Waals surface area contributed by atoms with Gasteiger partial charge in [-0.05, 0) is 62.6 Å². The van der Waals surface area contributed by atoms with Gasteiger partial charge in [0.1, 0.15) is 0 Å². The van der Waals surface area contributed by atoms with Gasteiger partial charge in [0, 0.05) is 18.4 Å². The molecule has 0 unspecified atom stereocenters. The minimum Gasteiger partial charge on any atom is -0.469 e. The molecule has 0 aliphatic carbocycles. The summed E-state index contributed by atoms with van der Waals surface area (Å²) in [6.45, 7) is 24.7. The molecule has 0 N–H and O–H groups in total. The van der Waals surface area contributed by atoms with Crippen LogP contribution in [0.4, 0.5) is 0 Å². The molecule has 4 nitrogen and oxygen atoms in total. The second-order valence-electron chi connectivity index (χ2n) is 13.1. The van der Waals surface area contributed by atoms with Gasteiger partial charge in [-0.3, -0.25) is 4.79 Å². The zero-order chi connectivity index (χ0) is 28.2. The fourth-order valence-corrected chi connectivity index (χ4v) is 6.34. The van der Waals surface area contributed by atoms with E-state index in [0.29, 0.717) is 17.9 Å². The van der Waals surface area contributed by atoms with Crippen LogP contribution >= 0.6 is 0 Å². The summed E-state index contributed by atoms with van der Waals surface area (Å²) >= 11 is 0. The SMILES string of the molecule is C=C(C[C@@H](CCC)O[Si](C)(C)C(C)(C)C)C[C@@H](C)C#CC[C@H]1C[C@H](C)[C@H](CCCC[C@H](C)C(=O)OC)O1. The lowest BCUT2D eigenvalue weighted by atomic mass is 9.95. The summed E-state index contributed by atoms with van der Waals surface area (Å²) in [5.41, 5.74) is 1.26. The second-order valence-corrected chi connectivity index (χ2v) is 17.8. The summed E-state index contributed by atoms with van der Waals surface area (Å²) in [4.78, 5) is 11.6. The molecule has 6 atom stereocenters. The third-order valence-electron chi connectivity index (χ3n) is 8.28. The summed E-state index contributed by atoms with van der Waals surface area (Å²) in [5, 5.41) is 0.223. The van der Waals surface area contributed by atoms with E-state index in [1.165, 1.54) is 12.7 Å². The number of methoxy groups -OCH3 is 1. The smallest absolute Gasteiger partial charge is 0.308 e. The van der Waals surface area contributed by atoms with Crippen molar-refractivity contribution >= 4 is 14.3 Å². The monoisotopic (exact) mass is 534 g/mol. The van der Waals surface area contributed by atoms with Gasteiger partial charge in [0.05, 0.1) is 25.2 Å². The minimum absolute atomic E-state index is 0.0183. The van der Waals surface area contributed by atoms with E-state index >= 15 is 0 Å². The summed E-state index contributed by atoms with van der Waals surface area (Å²) < 4.78 is 17.9. The van der Waals surface area contributed by atoms with Crippen molar-refractivity contribution in [3.05, 3.63) is 12.2 Å². The summed E-state index contributed by atoms with van der Waals surface area (Å²) in [6.07, 6.45) is 10.9. The number of esters is 1. The fourth-order valence-electron chi connectivity index (χ4n) is 4.96. The normalized spacial score (nSPS) is 22.6. The predicted molar refractivity (Wildman–Crippen MR) is 159 cm³/mol. The van der Waals surface area contributed by atoms with Crippen molar-refractivity contribution in [3.8, 4) is 11.8 Å². The Morgan fingerprint density at radius 3 is 2.43 bits per heavy atom. The molecule has 1 rings (SSSR count). The molecule has 0 aromatic heterocycles. The highest BCUT2D eigenvalue weighted by molar-refractivity contribution is 6.74. The Hall–Kier alpha value is -1.09. The van der Waals surface area contributed by atoms with Crippen LogP contribution in [0.1, 0.15) is 113 Å². The maximum atomic E-state index is 11.6. The lowest BCUT2D eigenvalue weighted by Gasteiger charge is -2.39. The van der Waals surface area contributed by atoms with Crippen LogP contribution in [-0.2, 0) is 18.7 Å². The summed E-state index contributed by atoms with van der Waals surface area (Å²) in [5.74, 6) is 7.62. The minimum atomic E-state index is -1.78. The van der Waals surface area contributed by atoms with Gasteiger partial charge in [-0.25, -0.2) is 0 Å². The van der Waals surface area contributed by atoms with Crippen LogP contribution in [-0.4, -0.2) is 39.7 Å². The number of rotatable bonds is 15. The second kappa shape index (κ2) is 16.1. The highest BCUT2D eigenvalue weighted by Gasteiger charge is 2.39. The highest BCUT2D eigenvalue weighted by Crippen LogP contribution is 2.38. The lowest BCUT2D eigenvalue weighted by Crippen LogP contribution is -2.44. The molecule has 1 heterocycles. The van der Waals surface area contributed by atoms with Crippen molar-refractivity contribution in [1.82, 2.24) is 0 Å². The lowest BCUT2D eigenvalue weighted by molar-refractivity contribution is -0.145. The van der Waals surface area contributed by atoms with Crippen LogP contribution in [0, 0.1) is 29.6 Å². The summed E-state index contributed by atoms with van der Waals surface area (Å²) in [7, 11) is -0.323. The first-order valence-corrected chi connectivity index (χ1v) is 17.7. The first-order chi connectivity index (χ1) is 17.2. The van der Waals surface area contributed by atoms with Crippen molar-refractivity contribution in [2.45, 2.75) is 149 Å². The molecule has 0 spiro atoms. The van der Waals surface area contributed by atoms with Gasteiger partial charge in [0.25, 0.3) is 0 Å². The Kier molecular flexibility index (Phi) is 14.8. The zero-order valence-electron chi connectivity index (χ0n) is 25.9. The van der Waals surface area contributed by atoms with E-state index in [4.69, 9.17) is 13.9 Å². The Labute approximate surface area is 230 Å². The Bertz CT molecular complexity index is 757. The maximum absolute atomic E-state index is 11.6. The van der Waals surface area contributed by atoms with Crippen molar-refractivity contribution in [2.24, 2.45) is 17.8 Å². The molecule has 0 saturated carbocycles. The number of hydrogen-bond acceptors (Lipinski definition) is 4. The van der Waals surface area contributed by atoms with Crippen LogP contribution < -0.4 is 0 Å². The van der Waals surface area contributed by atoms with E-state index in [9.17, 15) is 4.79 Å². The molecule has 1 aliphatic heterocycles. The van der Waals surface area contributed by atoms with Crippen LogP contribution in [0.25, 0.3) is 0 Å². The number of carbonyl (C=O) groups excluding carboxylic acids is 1. The Balaban J connectivity index is 2.43. The quantitative estimate of drug-likeness (QED) is 0.0693. The molecule has 1 saturated heterocycles. The number of carbonyl (C=O) groups is 1. The standard InChI is InChI=1S/C32H58O4Si/c1-12-16-29(36-37(10,11)32(6,7)8)22-25(3)21-24(2)17-15-19-28-23-27(5)30(35-28)20-14-13-18-26(4)31(33)34-9/h24,26-30H,3,12-14,16,18-23H2,1-2,4-11H3/t24-,26-,27-,28-,29+,30-/m0/s1. The van der Waals surface area contributed by atoms with Crippen LogP contribution in [0.2, 0.25) is 18.1 Å². The van der Waals surface area contributed by atoms with Gasteiger partial charge < -0.3 is 13.9 Å². The first kappa shape index (κ1) is 33.9. The topological polar surface area (TPSA) is 44.8 Å². The third-order valence-corrected chi connectivity index (χ3v) is 12.8. The van der Waals surface area contributed by atoms with Crippen molar-refractivity contribution < 1.29 is 18.7 Å². The largest absolute Gasteiger partial charge is 0.469 e. The van der Waals surface area contributed by atoms with Crippen molar-refractivity contribution in [3.63, 3.8) is 0 Å². The molecule has 214 valence electrons. The average Bonchev–Trinajstić information content (AvgIpc) is 3.13. The molecule has 0 aromatic rings. The fraction of sp³-hybridized carbons (Fsp3) is 0.844. The van der Waals surface area contributed by atoms with E-state index in [-0.39, 0.29) is 29.1 Å². The van der Waals surface area contributed by atoms with Crippen molar-refractivity contribution in [2.75, 3.05) is 7.11 Å². The van der Waals surface area contributed by atoms with Crippen LogP contribution in [0.15, 0.2) is 12.2 Å². The molecular weight excluding hydrogens is 476 g/mol. The van der Waals surface area contributed by atoms with E-state index in [2.05, 4.69) is 73.1 Å². The molecule has 0 radical (unpaired) electrons. The molecule has 5 heteroatoms. The van der Waals surface area contributed by atoms with Gasteiger partial charge in [-0.2, -0.15) is 0 Å². The molecular formula is C32H58O4Si. The van der Waals surface area contributed by atoms with Gasteiger partial charge in [0.15, 0.2) is 8.32 Å². The predicted octanol–water partition coefficient (Wildman–Crippen LogP) is 8.71. The van der Waals surface area contributed by atoms with E-state index in [1.807, 2.05) is 6.92 Å². The van der Waals surface area contributed by atoms with Crippen molar-refractivity contribution in [1.29, 1.82) is 0 Å². The number of ether oxygens (including phenoxy) is 2. The highest BCUT2D eigenvalue weighted by atomic mass is 28.4. The molecule has 37 heavy (non-hydrogen) atoms. The van der Waals surface area contributed by atoms with E-state index < -0.39 is 8.32 Å². The van der Waals surface area contributed by atoms with Gasteiger partial charge in [0.2, 0.25) is 0 Å². The molecule has 1 aliphatic rings. The molecule has 1 fully saturated rings. The van der Waals surface area contributed by atoms with E-state index in [0.717, 1.165) is 64.2 Å². The van der Waals surface area contributed by atoms with Crippen LogP contribution in [0.3, 0.4) is 0 Å². The number of unbranched alkanes of at least 4 members (excludes halogenated alkanes) is 1. The summed E-state index contributed by atoms with van der Waals surface area (Å²) in [6, 6.07) is 0. The van der Waals surface area contributed by atoms with Gasteiger partial charge >= 0.3 is 5.97 Å². The van der Waals surface area contributed by atoms with E-state index in [1.54, 1.807) is 0 Å². The Morgan fingerprint density at radius 1 is 1.16 bits per heavy atom. The van der Waals surface area contributed by atoms with Gasteiger partial charge in [-0.1, -0.05) is 85.8 Å². The third kappa shape index (κ3) is 12.5. The van der Waals surface area contributed by atoms with Crippen LogP contribution in [0.5, 0.6) is 0 Å². The molecule has 0 bridgehead atoms. The molecule has 0 amide bonds. The maximum Gasteiger partial charge on any atom is 0.308 e. The average molecular weight is 535 g/mol. The first-order valence-electron chi connectivity index (χ1n) is 14.8. The number of hydrogen-bond donors (Lipinski definition) is 0.